The normalized spacial score (nSPS) is 12.2. The smallest absolute Gasteiger partial charge is 0.242 e. The number of carbonyl (C=O) groups excluding carboxylic acids is 1. The first kappa shape index (κ1) is 23.9. The highest BCUT2D eigenvalue weighted by Gasteiger charge is 2.27. The van der Waals surface area contributed by atoms with Gasteiger partial charge in [-0.1, -0.05) is 46.3 Å². The number of nitrogens with one attached hydrogen (secondary N) is 2. The molecule has 3 rings (SSSR count). The second-order valence-electron chi connectivity index (χ2n) is 7.11. The van der Waals surface area contributed by atoms with E-state index in [1.165, 1.54) is 31.4 Å². The first-order valence-electron chi connectivity index (χ1n) is 9.66. The number of sulfonamides is 1. The number of methoxy groups -OCH3 is 1. The molecule has 0 aliphatic heterocycles. The van der Waals surface area contributed by atoms with Crippen LogP contribution in [0.25, 0.3) is 0 Å². The van der Waals surface area contributed by atoms with E-state index in [1.807, 2.05) is 6.07 Å². The molecular formula is C23H22BrFN2O4S. The van der Waals surface area contributed by atoms with Gasteiger partial charge in [0.15, 0.2) is 0 Å². The van der Waals surface area contributed by atoms with Crippen LogP contribution >= 0.6 is 15.9 Å². The van der Waals surface area contributed by atoms with Crippen molar-refractivity contribution >= 4 is 37.5 Å². The lowest BCUT2D eigenvalue weighted by Gasteiger charge is -2.19. The molecule has 0 heterocycles. The third-order valence-corrected chi connectivity index (χ3v) is 6.72. The molecule has 6 nitrogen and oxygen atoms in total. The third-order valence-electron chi connectivity index (χ3n) is 4.76. The molecule has 0 fully saturated rings. The van der Waals surface area contributed by atoms with Gasteiger partial charge in [0.05, 0.1) is 17.7 Å². The fourth-order valence-electron chi connectivity index (χ4n) is 3.12. The van der Waals surface area contributed by atoms with Crippen molar-refractivity contribution in [1.82, 2.24) is 4.72 Å². The van der Waals surface area contributed by atoms with E-state index in [4.69, 9.17) is 4.74 Å². The monoisotopic (exact) mass is 520 g/mol. The lowest BCUT2D eigenvalue weighted by Crippen LogP contribution is -2.45. The van der Waals surface area contributed by atoms with E-state index < -0.39 is 27.8 Å². The highest BCUT2D eigenvalue weighted by atomic mass is 79.9. The minimum absolute atomic E-state index is 0.00326. The molecule has 168 valence electrons. The van der Waals surface area contributed by atoms with Crippen LogP contribution in [0.3, 0.4) is 0 Å². The van der Waals surface area contributed by atoms with Gasteiger partial charge >= 0.3 is 0 Å². The van der Waals surface area contributed by atoms with Crippen LogP contribution < -0.4 is 14.8 Å². The molecule has 0 aliphatic carbocycles. The van der Waals surface area contributed by atoms with Crippen LogP contribution in [-0.4, -0.2) is 27.5 Å². The van der Waals surface area contributed by atoms with Gasteiger partial charge in [-0.2, -0.15) is 4.72 Å². The van der Waals surface area contributed by atoms with Crippen molar-refractivity contribution in [1.29, 1.82) is 0 Å². The topological polar surface area (TPSA) is 84.5 Å². The van der Waals surface area contributed by atoms with Crippen molar-refractivity contribution in [3.8, 4) is 5.75 Å². The quantitative estimate of drug-likeness (QED) is 0.460. The van der Waals surface area contributed by atoms with Crippen molar-refractivity contribution in [2.45, 2.75) is 24.3 Å². The summed E-state index contributed by atoms with van der Waals surface area (Å²) in [6, 6.07) is 16.4. The summed E-state index contributed by atoms with van der Waals surface area (Å²) in [4.78, 5) is 13.0. The Morgan fingerprint density at radius 1 is 1.09 bits per heavy atom. The van der Waals surface area contributed by atoms with Crippen molar-refractivity contribution in [2.24, 2.45) is 0 Å². The average Bonchev–Trinajstić information content (AvgIpc) is 2.75. The van der Waals surface area contributed by atoms with E-state index in [1.54, 1.807) is 43.3 Å². The molecule has 0 spiro atoms. The number of aryl methyl sites for hydroxylation is 1. The third kappa shape index (κ3) is 5.93. The summed E-state index contributed by atoms with van der Waals surface area (Å²) in [5, 5.41) is 2.48. The number of benzene rings is 3. The van der Waals surface area contributed by atoms with Gasteiger partial charge in [-0.3, -0.25) is 4.79 Å². The summed E-state index contributed by atoms with van der Waals surface area (Å²) in [7, 11) is -2.55. The van der Waals surface area contributed by atoms with Gasteiger partial charge in [-0.25, -0.2) is 12.8 Å². The van der Waals surface area contributed by atoms with Crippen LogP contribution in [0.5, 0.6) is 5.75 Å². The van der Waals surface area contributed by atoms with E-state index in [2.05, 4.69) is 26.0 Å². The fraction of sp³-hybridized carbons (Fsp3) is 0.174. The van der Waals surface area contributed by atoms with Crippen LogP contribution in [0.4, 0.5) is 10.1 Å². The van der Waals surface area contributed by atoms with Crippen LogP contribution in [-0.2, 0) is 21.2 Å². The molecule has 0 unspecified atom stereocenters. The molecule has 0 aliphatic rings. The zero-order valence-electron chi connectivity index (χ0n) is 17.4. The predicted octanol–water partition coefficient (Wildman–Crippen LogP) is 4.43. The summed E-state index contributed by atoms with van der Waals surface area (Å²) in [5.41, 5.74) is 1.34. The highest BCUT2D eigenvalue weighted by Crippen LogP contribution is 2.23. The van der Waals surface area contributed by atoms with Gasteiger partial charge < -0.3 is 10.1 Å². The number of carbonyl (C=O) groups is 1. The lowest BCUT2D eigenvalue weighted by molar-refractivity contribution is -0.117. The molecular weight excluding hydrogens is 499 g/mol. The molecule has 0 radical (unpaired) electrons. The summed E-state index contributed by atoms with van der Waals surface area (Å²) in [5.74, 6) is -0.767. The van der Waals surface area contributed by atoms with Crippen LogP contribution in [0.1, 0.15) is 11.1 Å². The number of amides is 1. The molecule has 9 heteroatoms. The number of rotatable bonds is 8. The van der Waals surface area contributed by atoms with Gasteiger partial charge in [0, 0.05) is 4.47 Å². The van der Waals surface area contributed by atoms with Gasteiger partial charge in [0.25, 0.3) is 0 Å². The molecule has 1 amide bonds. The van der Waals surface area contributed by atoms with Gasteiger partial charge in [-0.05, 0) is 60.9 Å². The Kier molecular flexibility index (Phi) is 7.65. The number of hydrogen-bond acceptors (Lipinski definition) is 4. The van der Waals surface area contributed by atoms with E-state index in [0.717, 1.165) is 5.56 Å². The van der Waals surface area contributed by atoms with E-state index in [-0.39, 0.29) is 17.0 Å². The van der Waals surface area contributed by atoms with E-state index >= 15 is 0 Å². The van der Waals surface area contributed by atoms with Crippen molar-refractivity contribution < 1.29 is 22.3 Å². The zero-order chi connectivity index (χ0) is 23.3. The zero-order valence-corrected chi connectivity index (χ0v) is 19.8. The largest absolute Gasteiger partial charge is 0.496 e. The summed E-state index contributed by atoms with van der Waals surface area (Å²) in [6.07, 6.45) is 0.0825. The molecule has 0 saturated heterocycles. The first-order valence-corrected chi connectivity index (χ1v) is 11.9. The Morgan fingerprint density at radius 3 is 2.44 bits per heavy atom. The minimum atomic E-state index is -4.05. The Labute approximate surface area is 195 Å². The summed E-state index contributed by atoms with van der Waals surface area (Å²) >= 11 is 3.16. The molecule has 32 heavy (non-hydrogen) atoms. The standard InChI is InChI=1S/C23H22BrFN2O4S/c1-15-12-18(9-11-22(15)31-2)32(29,30)27-21(13-16-6-4-3-5-7-16)23(28)26-20-10-8-17(24)14-19(20)25/h3-12,14,21,27H,13H2,1-2H3,(H,26,28)/t21-/m1/s1. The summed E-state index contributed by atoms with van der Waals surface area (Å²) < 4.78 is 48.5. The first-order chi connectivity index (χ1) is 15.2. The number of anilines is 1. The Morgan fingerprint density at radius 2 is 1.81 bits per heavy atom. The lowest BCUT2D eigenvalue weighted by atomic mass is 10.1. The highest BCUT2D eigenvalue weighted by molar-refractivity contribution is 9.10. The van der Waals surface area contributed by atoms with E-state index in [0.29, 0.717) is 15.8 Å². The molecule has 0 bridgehead atoms. The number of halogens is 2. The van der Waals surface area contributed by atoms with Gasteiger partial charge in [-0.15, -0.1) is 0 Å². The van der Waals surface area contributed by atoms with Crippen LogP contribution in [0.15, 0.2) is 76.1 Å². The molecule has 0 aromatic heterocycles. The number of hydrogen-bond donors (Lipinski definition) is 2. The molecule has 1 atom stereocenters. The van der Waals surface area contributed by atoms with Crippen molar-refractivity contribution in [2.75, 3.05) is 12.4 Å². The van der Waals surface area contributed by atoms with Crippen LogP contribution in [0.2, 0.25) is 0 Å². The molecule has 0 saturated carbocycles. The minimum Gasteiger partial charge on any atom is -0.496 e. The maximum atomic E-state index is 14.2. The average molecular weight is 521 g/mol. The predicted molar refractivity (Wildman–Crippen MR) is 125 cm³/mol. The number of ether oxygens (including phenoxy) is 1. The van der Waals surface area contributed by atoms with Crippen molar-refractivity contribution in [3.05, 3.63) is 88.1 Å². The summed E-state index contributed by atoms with van der Waals surface area (Å²) in [6.45, 7) is 1.72. The Bertz CT molecular complexity index is 1220. The Hall–Kier alpha value is -2.75. The van der Waals surface area contributed by atoms with Crippen molar-refractivity contribution in [3.63, 3.8) is 0 Å². The van der Waals surface area contributed by atoms with Gasteiger partial charge in [0.1, 0.15) is 17.6 Å². The Balaban J connectivity index is 1.89. The molecule has 3 aromatic rings. The molecule has 3 aromatic carbocycles. The second kappa shape index (κ2) is 10.2. The maximum Gasteiger partial charge on any atom is 0.242 e. The second-order valence-corrected chi connectivity index (χ2v) is 9.74. The van der Waals surface area contributed by atoms with Gasteiger partial charge in [0.2, 0.25) is 15.9 Å². The fourth-order valence-corrected chi connectivity index (χ4v) is 4.74. The SMILES string of the molecule is COc1ccc(S(=O)(=O)N[C@H](Cc2ccccc2)C(=O)Nc2ccc(Br)cc2F)cc1C. The maximum absolute atomic E-state index is 14.2. The van der Waals surface area contributed by atoms with Crippen LogP contribution in [0, 0.1) is 12.7 Å². The molecule has 2 N–H and O–H groups in total. The van der Waals surface area contributed by atoms with E-state index in [9.17, 15) is 17.6 Å².